The molecule has 0 amide bonds. The smallest absolute Gasteiger partial charge is 0.161 e. The van der Waals surface area contributed by atoms with Gasteiger partial charge < -0.3 is 10.2 Å². The van der Waals surface area contributed by atoms with Crippen molar-refractivity contribution in [2.24, 2.45) is 0 Å². The first-order valence-electron chi connectivity index (χ1n) is 3.94. The largest absolute Gasteiger partial charge is 0.504 e. The second-order valence-corrected chi connectivity index (χ2v) is 3.92. The molecule has 0 bridgehead atoms. The van der Waals surface area contributed by atoms with E-state index in [9.17, 15) is 10.2 Å². The lowest BCUT2D eigenvalue weighted by Gasteiger charge is -2.20. The van der Waals surface area contributed by atoms with Crippen LogP contribution >= 0.6 is 0 Å². The van der Waals surface area contributed by atoms with Gasteiger partial charge in [0, 0.05) is 5.56 Å². The molecule has 1 aromatic carbocycles. The van der Waals surface area contributed by atoms with Gasteiger partial charge in [-0.2, -0.15) is 0 Å². The first-order chi connectivity index (χ1) is 5.43. The Bertz CT molecular complexity index is 289. The van der Waals surface area contributed by atoms with Gasteiger partial charge in [-0.05, 0) is 11.5 Å². The molecule has 0 radical (unpaired) electrons. The van der Waals surface area contributed by atoms with Crippen LogP contribution in [0.4, 0.5) is 0 Å². The summed E-state index contributed by atoms with van der Waals surface area (Å²) in [5.74, 6) is -0.0626. The molecule has 0 aliphatic carbocycles. The van der Waals surface area contributed by atoms with E-state index in [0.717, 1.165) is 5.56 Å². The quantitative estimate of drug-likeness (QED) is 0.465. The molecule has 0 spiro atoms. The molecule has 2 nitrogen and oxygen atoms in total. The third kappa shape index (κ3) is 2.41. The summed E-state index contributed by atoms with van der Waals surface area (Å²) in [6, 6.07) is 5.02. The van der Waals surface area contributed by atoms with Crippen LogP contribution < -0.4 is 0 Å². The third-order valence-electron chi connectivity index (χ3n) is 1.82. The number of phenolic OH excluding ortho intramolecular Hbond substituents is 2. The molecule has 13 heavy (non-hydrogen) atoms. The van der Waals surface area contributed by atoms with Gasteiger partial charge in [0.15, 0.2) is 11.5 Å². The van der Waals surface area contributed by atoms with Gasteiger partial charge in [0.25, 0.3) is 0 Å². The van der Waals surface area contributed by atoms with Gasteiger partial charge in [-0.1, -0.05) is 32.9 Å². The normalized spacial score (nSPS) is 10.7. The van der Waals surface area contributed by atoms with E-state index in [4.69, 9.17) is 0 Å². The molecule has 0 unspecified atom stereocenters. The first kappa shape index (κ1) is 11.9. The fourth-order valence-electron chi connectivity index (χ4n) is 1.14. The summed E-state index contributed by atoms with van der Waals surface area (Å²) in [6.07, 6.45) is 0. The average molecular weight is 180 g/mol. The Balaban J connectivity index is 0.00000144. The minimum absolute atomic E-state index is 0. The lowest BCUT2D eigenvalue weighted by atomic mass is 9.86. The number of para-hydroxylation sites is 1. The SMILES string of the molecule is B.CC(C)(C)c1cccc(O)c1O. The van der Waals surface area contributed by atoms with E-state index in [2.05, 4.69) is 0 Å². The predicted molar refractivity (Wildman–Crippen MR) is 58.4 cm³/mol. The molecule has 0 heterocycles. The van der Waals surface area contributed by atoms with Crippen molar-refractivity contribution in [3.8, 4) is 11.5 Å². The third-order valence-corrected chi connectivity index (χ3v) is 1.82. The molecule has 0 aliphatic heterocycles. The minimum Gasteiger partial charge on any atom is -0.504 e. The summed E-state index contributed by atoms with van der Waals surface area (Å²) in [5, 5.41) is 18.7. The first-order valence-corrected chi connectivity index (χ1v) is 3.94. The summed E-state index contributed by atoms with van der Waals surface area (Å²) >= 11 is 0. The van der Waals surface area contributed by atoms with Gasteiger partial charge in [-0.25, -0.2) is 0 Å². The molecule has 0 atom stereocenters. The molecule has 1 rings (SSSR count). The van der Waals surface area contributed by atoms with E-state index in [1.54, 1.807) is 6.07 Å². The van der Waals surface area contributed by atoms with Crippen LogP contribution in [0.3, 0.4) is 0 Å². The van der Waals surface area contributed by atoms with Crippen LogP contribution in [0.25, 0.3) is 0 Å². The summed E-state index contributed by atoms with van der Waals surface area (Å²) in [5.41, 5.74) is 0.630. The summed E-state index contributed by atoms with van der Waals surface area (Å²) in [6.45, 7) is 5.96. The maximum atomic E-state index is 9.48. The number of phenols is 2. The van der Waals surface area contributed by atoms with Crippen LogP contribution in [-0.4, -0.2) is 18.6 Å². The van der Waals surface area contributed by atoms with Gasteiger partial charge in [-0.3, -0.25) is 0 Å². The van der Waals surface area contributed by atoms with Crippen LogP contribution in [0.5, 0.6) is 11.5 Å². The van der Waals surface area contributed by atoms with E-state index in [0.29, 0.717) is 0 Å². The van der Waals surface area contributed by atoms with Crippen molar-refractivity contribution in [3.05, 3.63) is 23.8 Å². The summed E-state index contributed by atoms with van der Waals surface area (Å²) < 4.78 is 0. The maximum absolute atomic E-state index is 9.48. The van der Waals surface area contributed by atoms with Gasteiger partial charge in [-0.15, -0.1) is 0 Å². The molecule has 3 heteroatoms. The lowest BCUT2D eigenvalue weighted by Crippen LogP contribution is -2.10. The zero-order chi connectivity index (χ0) is 9.35. The molecule has 72 valence electrons. The van der Waals surface area contributed by atoms with Crippen molar-refractivity contribution in [2.75, 3.05) is 0 Å². The Morgan fingerprint density at radius 1 is 1.08 bits per heavy atom. The van der Waals surface area contributed by atoms with Crippen molar-refractivity contribution in [1.29, 1.82) is 0 Å². The highest BCUT2D eigenvalue weighted by Gasteiger charge is 2.19. The minimum atomic E-state index is -0.136. The van der Waals surface area contributed by atoms with Gasteiger partial charge in [0.2, 0.25) is 0 Å². The Labute approximate surface area is 80.8 Å². The molecule has 0 fully saturated rings. The van der Waals surface area contributed by atoms with Crippen LogP contribution in [0.15, 0.2) is 18.2 Å². The van der Waals surface area contributed by atoms with Crippen molar-refractivity contribution in [3.63, 3.8) is 0 Å². The second kappa shape index (κ2) is 3.73. The monoisotopic (exact) mass is 180 g/mol. The Hall–Kier alpha value is -1.12. The molecule has 0 saturated carbocycles. The van der Waals surface area contributed by atoms with Crippen molar-refractivity contribution >= 4 is 8.41 Å². The summed E-state index contributed by atoms with van der Waals surface area (Å²) in [7, 11) is 0. The van der Waals surface area contributed by atoms with E-state index in [1.165, 1.54) is 6.07 Å². The van der Waals surface area contributed by atoms with E-state index in [1.807, 2.05) is 26.8 Å². The van der Waals surface area contributed by atoms with Crippen molar-refractivity contribution < 1.29 is 10.2 Å². The van der Waals surface area contributed by atoms with Gasteiger partial charge in [0.1, 0.15) is 0 Å². The van der Waals surface area contributed by atoms with Gasteiger partial charge >= 0.3 is 0 Å². The maximum Gasteiger partial charge on any atom is 0.161 e. The molecule has 0 aromatic heterocycles. The molecule has 2 N–H and O–H groups in total. The highest BCUT2D eigenvalue weighted by Crippen LogP contribution is 2.36. The van der Waals surface area contributed by atoms with Crippen molar-refractivity contribution in [2.45, 2.75) is 26.2 Å². The summed E-state index contributed by atoms with van der Waals surface area (Å²) in [4.78, 5) is 0. The van der Waals surface area contributed by atoms with E-state index in [-0.39, 0.29) is 25.3 Å². The van der Waals surface area contributed by atoms with E-state index < -0.39 is 0 Å². The fourth-order valence-corrected chi connectivity index (χ4v) is 1.14. The Kier molecular flexibility index (Phi) is 3.41. The number of hydrogen-bond donors (Lipinski definition) is 2. The molecule has 0 saturated heterocycles. The number of hydrogen-bond acceptors (Lipinski definition) is 2. The Morgan fingerprint density at radius 3 is 2.00 bits per heavy atom. The molecular weight excluding hydrogens is 163 g/mol. The Morgan fingerprint density at radius 2 is 1.62 bits per heavy atom. The van der Waals surface area contributed by atoms with Crippen LogP contribution in [0, 0.1) is 0 Å². The van der Waals surface area contributed by atoms with Crippen LogP contribution in [-0.2, 0) is 5.41 Å². The topological polar surface area (TPSA) is 40.5 Å². The molecule has 1 aromatic rings. The predicted octanol–water partition coefficient (Wildman–Crippen LogP) is 1.21. The second-order valence-electron chi connectivity index (χ2n) is 3.92. The highest BCUT2D eigenvalue weighted by atomic mass is 16.3. The number of benzene rings is 1. The van der Waals surface area contributed by atoms with Gasteiger partial charge in [0.05, 0.1) is 8.41 Å². The average Bonchev–Trinajstić information content (AvgIpc) is 1.92. The zero-order valence-electron chi connectivity index (χ0n) is 7.63. The van der Waals surface area contributed by atoms with Crippen molar-refractivity contribution in [1.82, 2.24) is 0 Å². The zero-order valence-corrected chi connectivity index (χ0v) is 7.63. The number of rotatable bonds is 0. The lowest BCUT2D eigenvalue weighted by molar-refractivity contribution is 0.389. The highest BCUT2D eigenvalue weighted by molar-refractivity contribution is 5.75. The van der Waals surface area contributed by atoms with E-state index >= 15 is 0 Å². The van der Waals surface area contributed by atoms with Crippen LogP contribution in [0.2, 0.25) is 0 Å². The van der Waals surface area contributed by atoms with Crippen LogP contribution in [0.1, 0.15) is 26.3 Å². The molecule has 0 aliphatic rings. The standard InChI is InChI=1S/C10H14O2.BH3/c1-10(2,3)7-5-4-6-8(11)9(7)12;/h4-6,11-12H,1-3H3;1H3. The number of aromatic hydroxyl groups is 2. The molecular formula is C10H17BO2. The fraction of sp³-hybridized carbons (Fsp3) is 0.400.